The number of benzene rings is 3. The van der Waals surface area contributed by atoms with Crippen LogP contribution in [-0.2, 0) is 0 Å². The summed E-state index contributed by atoms with van der Waals surface area (Å²) in [5.74, 6) is 0.0229. The molecule has 1 aliphatic heterocycles. The van der Waals surface area contributed by atoms with Crippen LogP contribution in [0.4, 0.5) is 5.69 Å². The fraction of sp³-hybridized carbons (Fsp3) is 0.214. The molecule has 3 aromatic carbocycles. The lowest BCUT2D eigenvalue weighted by molar-refractivity contribution is 0.0737. The minimum Gasteiger partial charge on any atom is -0.368 e. The number of para-hydroxylation sites is 1. The second kappa shape index (κ2) is 8.94. The Balaban J connectivity index is 1.43. The molecule has 0 bridgehead atoms. The number of piperazine rings is 1. The molecule has 1 aromatic heterocycles. The van der Waals surface area contributed by atoms with Crippen LogP contribution >= 0.6 is 0 Å². The highest BCUT2D eigenvalue weighted by atomic mass is 16.2. The Morgan fingerprint density at radius 3 is 2.15 bits per heavy atom. The first-order valence-electron chi connectivity index (χ1n) is 11.4. The average molecular weight is 437 g/mol. The van der Waals surface area contributed by atoms with E-state index in [-0.39, 0.29) is 5.91 Å². The van der Waals surface area contributed by atoms with Gasteiger partial charge in [-0.1, -0.05) is 66.2 Å². The molecule has 0 unspecified atom stereocenters. The van der Waals surface area contributed by atoms with Gasteiger partial charge in [0.2, 0.25) is 0 Å². The van der Waals surface area contributed by atoms with Crippen LogP contribution in [0.2, 0.25) is 0 Å². The number of amides is 1. The molecule has 0 N–H and O–H groups in total. The molecule has 2 heterocycles. The first-order chi connectivity index (χ1) is 16.1. The molecule has 5 heteroatoms. The largest absolute Gasteiger partial charge is 0.368 e. The first kappa shape index (κ1) is 21.0. The molecular formula is C28H28N4O. The molecular weight excluding hydrogens is 408 g/mol. The molecule has 4 aromatic rings. The number of nitrogens with zero attached hydrogens (tertiary/aromatic N) is 4. The van der Waals surface area contributed by atoms with Gasteiger partial charge in [0.15, 0.2) is 0 Å². The molecule has 166 valence electrons. The third kappa shape index (κ3) is 4.27. The van der Waals surface area contributed by atoms with Crippen molar-refractivity contribution in [3.8, 4) is 16.9 Å². The maximum Gasteiger partial charge on any atom is 0.272 e. The van der Waals surface area contributed by atoms with Gasteiger partial charge in [0.25, 0.3) is 5.91 Å². The average Bonchev–Trinajstić information content (AvgIpc) is 3.31. The maximum atomic E-state index is 13.7. The van der Waals surface area contributed by atoms with E-state index in [9.17, 15) is 4.79 Å². The van der Waals surface area contributed by atoms with E-state index in [4.69, 9.17) is 5.10 Å². The number of carbonyl (C=O) groups is 1. The molecule has 1 fully saturated rings. The lowest BCUT2D eigenvalue weighted by Gasteiger charge is -2.36. The fourth-order valence-corrected chi connectivity index (χ4v) is 4.40. The van der Waals surface area contributed by atoms with E-state index in [1.54, 1.807) is 4.68 Å². The lowest BCUT2D eigenvalue weighted by atomic mass is 10.1. The minimum absolute atomic E-state index is 0.0229. The van der Waals surface area contributed by atoms with Crippen molar-refractivity contribution in [2.24, 2.45) is 0 Å². The zero-order valence-corrected chi connectivity index (χ0v) is 19.1. The highest BCUT2D eigenvalue weighted by Gasteiger charge is 2.26. The smallest absolute Gasteiger partial charge is 0.272 e. The summed E-state index contributed by atoms with van der Waals surface area (Å²) in [6.45, 7) is 7.21. The van der Waals surface area contributed by atoms with Crippen LogP contribution in [-0.4, -0.2) is 46.8 Å². The molecule has 0 saturated carbocycles. The van der Waals surface area contributed by atoms with Crippen molar-refractivity contribution >= 4 is 11.6 Å². The molecule has 5 rings (SSSR count). The Morgan fingerprint density at radius 1 is 0.788 bits per heavy atom. The Labute approximate surface area is 194 Å². The van der Waals surface area contributed by atoms with Crippen molar-refractivity contribution in [1.82, 2.24) is 14.7 Å². The Kier molecular flexibility index (Phi) is 5.69. The molecule has 0 radical (unpaired) electrons. The molecule has 0 atom stereocenters. The monoisotopic (exact) mass is 436 g/mol. The quantitative estimate of drug-likeness (QED) is 0.446. The number of rotatable bonds is 4. The third-order valence-electron chi connectivity index (χ3n) is 6.30. The Bertz CT molecular complexity index is 1250. The number of carbonyl (C=O) groups excluding carboxylic acids is 1. The van der Waals surface area contributed by atoms with Gasteiger partial charge in [-0.15, -0.1) is 0 Å². The summed E-state index contributed by atoms with van der Waals surface area (Å²) >= 11 is 0. The summed E-state index contributed by atoms with van der Waals surface area (Å²) in [6.07, 6.45) is 0. The number of aromatic nitrogens is 2. The van der Waals surface area contributed by atoms with Gasteiger partial charge in [-0.3, -0.25) is 4.79 Å². The number of anilines is 1. The number of hydrogen-bond acceptors (Lipinski definition) is 3. The minimum atomic E-state index is 0.0229. The third-order valence-corrected chi connectivity index (χ3v) is 6.30. The van der Waals surface area contributed by atoms with Gasteiger partial charge >= 0.3 is 0 Å². The van der Waals surface area contributed by atoms with Crippen molar-refractivity contribution in [1.29, 1.82) is 0 Å². The molecule has 0 spiro atoms. The first-order valence-corrected chi connectivity index (χ1v) is 11.4. The van der Waals surface area contributed by atoms with Gasteiger partial charge in [0.1, 0.15) is 5.69 Å². The predicted molar refractivity (Wildman–Crippen MR) is 133 cm³/mol. The molecule has 5 nitrogen and oxygen atoms in total. The van der Waals surface area contributed by atoms with Crippen LogP contribution < -0.4 is 4.90 Å². The summed E-state index contributed by atoms with van der Waals surface area (Å²) in [4.78, 5) is 18.0. The van der Waals surface area contributed by atoms with Gasteiger partial charge in [-0.2, -0.15) is 5.10 Å². The highest BCUT2D eigenvalue weighted by molar-refractivity contribution is 5.94. The Morgan fingerprint density at radius 2 is 1.45 bits per heavy atom. The van der Waals surface area contributed by atoms with Crippen LogP contribution in [0.15, 0.2) is 84.9 Å². The van der Waals surface area contributed by atoms with Gasteiger partial charge in [0, 0.05) is 37.4 Å². The van der Waals surface area contributed by atoms with Gasteiger partial charge in [0.05, 0.1) is 11.4 Å². The lowest BCUT2D eigenvalue weighted by Crippen LogP contribution is -2.49. The van der Waals surface area contributed by atoms with E-state index in [2.05, 4.69) is 55.1 Å². The topological polar surface area (TPSA) is 41.4 Å². The van der Waals surface area contributed by atoms with E-state index in [0.29, 0.717) is 18.8 Å². The number of aryl methyl sites for hydroxylation is 2. The van der Waals surface area contributed by atoms with Crippen molar-refractivity contribution < 1.29 is 4.79 Å². The second-order valence-corrected chi connectivity index (χ2v) is 8.59. The number of hydrogen-bond donors (Lipinski definition) is 0. The molecule has 33 heavy (non-hydrogen) atoms. The van der Waals surface area contributed by atoms with Crippen LogP contribution in [0.3, 0.4) is 0 Å². The standard InChI is InChI=1S/C28H28N4O/c1-21-12-14-24(15-13-21)32-27(20-25(29-32)23-9-4-3-5-10-23)28(33)31-18-16-30(17-19-31)26-11-7-6-8-22(26)2/h3-15,20H,16-19H2,1-2H3. The predicted octanol–water partition coefficient (Wildman–Crippen LogP) is 5.12. The zero-order valence-electron chi connectivity index (χ0n) is 19.1. The fourth-order valence-electron chi connectivity index (χ4n) is 4.40. The Hall–Kier alpha value is -3.86. The highest BCUT2D eigenvalue weighted by Crippen LogP contribution is 2.25. The van der Waals surface area contributed by atoms with Crippen molar-refractivity contribution in [2.75, 3.05) is 31.1 Å². The molecule has 1 aliphatic rings. The van der Waals surface area contributed by atoms with Crippen LogP contribution in [0.25, 0.3) is 16.9 Å². The summed E-state index contributed by atoms with van der Waals surface area (Å²) < 4.78 is 1.79. The van der Waals surface area contributed by atoms with Crippen LogP contribution in [0.5, 0.6) is 0 Å². The van der Waals surface area contributed by atoms with E-state index in [1.807, 2.05) is 53.4 Å². The van der Waals surface area contributed by atoms with E-state index < -0.39 is 0 Å². The van der Waals surface area contributed by atoms with Gasteiger partial charge in [-0.25, -0.2) is 4.68 Å². The SMILES string of the molecule is Cc1ccc(-n2nc(-c3ccccc3)cc2C(=O)N2CCN(c3ccccc3C)CC2)cc1. The van der Waals surface area contributed by atoms with Gasteiger partial charge < -0.3 is 9.80 Å². The molecule has 0 aliphatic carbocycles. The van der Waals surface area contributed by atoms with Crippen molar-refractivity contribution in [2.45, 2.75) is 13.8 Å². The molecule has 1 amide bonds. The maximum absolute atomic E-state index is 13.7. The summed E-state index contributed by atoms with van der Waals surface area (Å²) in [5, 5.41) is 4.83. The van der Waals surface area contributed by atoms with E-state index in [0.717, 1.165) is 30.0 Å². The normalized spacial score (nSPS) is 13.9. The summed E-state index contributed by atoms with van der Waals surface area (Å²) in [6, 6.07) is 28.5. The summed E-state index contributed by atoms with van der Waals surface area (Å²) in [7, 11) is 0. The second-order valence-electron chi connectivity index (χ2n) is 8.59. The molecule has 1 saturated heterocycles. The van der Waals surface area contributed by atoms with Gasteiger partial charge in [-0.05, 0) is 43.7 Å². The van der Waals surface area contributed by atoms with E-state index in [1.165, 1.54) is 16.8 Å². The van der Waals surface area contributed by atoms with E-state index >= 15 is 0 Å². The van der Waals surface area contributed by atoms with Crippen molar-refractivity contribution in [3.05, 3.63) is 102 Å². The zero-order chi connectivity index (χ0) is 22.8. The van der Waals surface area contributed by atoms with Crippen LogP contribution in [0, 0.1) is 13.8 Å². The summed E-state index contributed by atoms with van der Waals surface area (Å²) in [5.41, 5.74) is 6.99. The van der Waals surface area contributed by atoms with Crippen LogP contribution in [0.1, 0.15) is 21.6 Å². The van der Waals surface area contributed by atoms with Crippen molar-refractivity contribution in [3.63, 3.8) is 0 Å².